The fourth-order valence-corrected chi connectivity index (χ4v) is 3.90. The molecule has 3 nitrogen and oxygen atoms in total. The van der Waals surface area contributed by atoms with Crippen molar-refractivity contribution in [1.82, 2.24) is 4.90 Å². The zero-order valence-electron chi connectivity index (χ0n) is 11.9. The van der Waals surface area contributed by atoms with Gasteiger partial charge in [0.1, 0.15) is 5.75 Å². The Morgan fingerprint density at radius 1 is 1.47 bits per heavy atom. The summed E-state index contributed by atoms with van der Waals surface area (Å²) < 4.78 is 5.33. The fourth-order valence-electron chi connectivity index (χ4n) is 3.90. The van der Waals surface area contributed by atoms with Crippen molar-refractivity contribution in [2.24, 2.45) is 5.92 Å². The number of carbonyl (C=O) groups is 1. The van der Waals surface area contributed by atoms with Crippen LogP contribution in [0.25, 0.3) is 0 Å². The predicted molar refractivity (Wildman–Crippen MR) is 74.4 cm³/mol. The van der Waals surface area contributed by atoms with Crippen LogP contribution >= 0.6 is 0 Å². The second kappa shape index (κ2) is 4.26. The van der Waals surface area contributed by atoms with E-state index in [9.17, 15) is 4.79 Å². The van der Waals surface area contributed by atoms with Crippen LogP contribution in [0.4, 0.5) is 0 Å². The van der Waals surface area contributed by atoms with E-state index >= 15 is 0 Å². The predicted octanol–water partition coefficient (Wildman–Crippen LogP) is 2.38. The van der Waals surface area contributed by atoms with Gasteiger partial charge in [0, 0.05) is 25.4 Å². The zero-order chi connectivity index (χ0) is 13.6. The molecular weight excluding hydrogens is 238 g/mol. The van der Waals surface area contributed by atoms with E-state index in [-0.39, 0.29) is 11.3 Å². The maximum Gasteiger partial charge on any atom is 0.219 e. The van der Waals surface area contributed by atoms with E-state index in [4.69, 9.17) is 4.74 Å². The SMILES string of the molecule is COc1ccc2c(c1)C[C@H]1CN(C(C)=O)C[C@]2(C)C1. The Labute approximate surface area is 114 Å². The number of likely N-dealkylation sites (tertiary alicyclic amines) is 1. The minimum absolute atomic E-state index is 0.106. The van der Waals surface area contributed by atoms with Crippen LogP contribution in [0.15, 0.2) is 18.2 Å². The van der Waals surface area contributed by atoms with Gasteiger partial charge in [0.15, 0.2) is 0 Å². The molecule has 1 aromatic rings. The molecule has 3 rings (SSSR count). The van der Waals surface area contributed by atoms with Gasteiger partial charge in [-0.05, 0) is 42.0 Å². The third-order valence-electron chi connectivity index (χ3n) is 4.67. The molecule has 1 heterocycles. The van der Waals surface area contributed by atoms with Crippen molar-refractivity contribution < 1.29 is 9.53 Å². The third-order valence-corrected chi connectivity index (χ3v) is 4.67. The first-order valence-corrected chi connectivity index (χ1v) is 6.95. The first kappa shape index (κ1) is 12.5. The summed E-state index contributed by atoms with van der Waals surface area (Å²) in [5.74, 6) is 1.72. The summed E-state index contributed by atoms with van der Waals surface area (Å²) >= 11 is 0. The molecule has 1 aliphatic carbocycles. The van der Waals surface area contributed by atoms with Crippen molar-refractivity contribution in [1.29, 1.82) is 0 Å². The number of ether oxygens (including phenoxy) is 1. The normalized spacial score (nSPS) is 28.8. The minimum atomic E-state index is 0.106. The van der Waals surface area contributed by atoms with Crippen molar-refractivity contribution in [3.05, 3.63) is 29.3 Å². The van der Waals surface area contributed by atoms with E-state index in [0.717, 1.165) is 25.3 Å². The van der Waals surface area contributed by atoms with E-state index in [1.54, 1.807) is 14.0 Å². The summed E-state index contributed by atoms with van der Waals surface area (Å²) in [6.45, 7) is 5.72. The number of nitrogens with zero attached hydrogens (tertiary/aromatic N) is 1. The topological polar surface area (TPSA) is 29.5 Å². The van der Waals surface area contributed by atoms with Crippen molar-refractivity contribution in [3.8, 4) is 5.75 Å². The highest BCUT2D eigenvalue weighted by Gasteiger charge is 2.43. The smallest absolute Gasteiger partial charge is 0.219 e. The maximum atomic E-state index is 11.7. The van der Waals surface area contributed by atoms with Crippen LogP contribution in [0.1, 0.15) is 31.4 Å². The molecule has 0 N–H and O–H groups in total. The monoisotopic (exact) mass is 259 g/mol. The average Bonchev–Trinajstić information content (AvgIpc) is 2.36. The molecule has 19 heavy (non-hydrogen) atoms. The Balaban J connectivity index is 2.01. The van der Waals surface area contributed by atoms with E-state index < -0.39 is 0 Å². The van der Waals surface area contributed by atoms with Crippen LogP contribution in [-0.2, 0) is 16.6 Å². The lowest BCUT2D eigenvalue weighted by molar-refractivity contribution is -0.132. The lowest BCUT2D eigenvalue weighted by Crippen LogP contribution is -2.53. The number of carbonyl (C=O) groups excluding carboxylic acids is 1. The molecule has 2 atom stereocenters. The van der Waals surface area contributed by atoms with E-state index in [0.29, 0.717) is 5.92 Å². The summed E-state index contributed by atoms with van der Waals surface area (Å²) in [4.78, 5) is 13.7. The van der Waals surface area contributed by atoms with Crippen molar-refractivity contribution in [2.45, 2.75) is 32.1 Å². The molecule has 2 bridgehead atoms. The molecule has 102 valence electrons. The molecule has 1 aliphatic heterocycles. The highest BCUT2D eigenvalue weighted by Crippen LogP contribution is 2.44. The molecular formula is C16H21NO2. The first-order valence-electron chi connectivity index (χ1n) is 6.95. The van der Waals surface area contributed by atoms with Crippen LogP contribution in [0.3, 0.4) is 0 Å². The van der Waals surface area contributed by atoms with Gasteiger partial charge < -0.3 is 9.64 Å². The number of methoxy groups -OCH3 is 1. The quantitative estimate of drug-likeness (QED) is 0.775. The highest BCUT2D eigenvalue weighted by molar-refractivity contribution is 5.73. The molecule has 1 saturated heterocycles. The Hall–Kier alpha value is -1.51. The molecule has 1 aromatic carbocycles. The molecule has 0 saturated carbocycles. The lowest BCUT2D eigenvalue weighted by atomic mass is 9.64. The summed E-state index contributed by atoms with van der Waals surface area (Å²) in [5, 5.41) is 0. The second-order valence-electron chi connectivity index (χ2n) is 6.26. The lowest BCUT2D eigenvalue weighted by Gasteiger charge is -2.49. The van der Waals surface area contributed by atoms with Gasteiger partial charge in [0.2, 0.25) is 5.91 Å². The van der Waals surface area contributed by atoms with Gasteiger partial charge >= 0.3 is 0 Å². The number of piperidine rings is 1. The Bertz CT molecular complexity index is 525. The second-order valence-corrected chi connectivity index (χ2v) is 6.26. The zero-order valence-corrected chi connectivity index (χ0v) is 11.9. The van der Waals surface area contributed by atoms with Gasteiger partial charge in [0.05, 0.1) is 7.11 Å². The van der Waals surface area contributed by atoms with Gasteiger partial charge in [-0.1, -0.05) is 13.0 Å². The van der Waals surface area contributed by atoms with Gasteiger partial charge in [-0.15, -0.1) is 0 Å². The number of hydrogen-bond donors (Lipinski definition) is 0. The van der Waals surface area contributed by atoms with E-state index in [2.05, 4.69) is 19.1 Å². The molecule has 1 fully saturated rings. The van der Waals surface area contributed by atoms with Crippen LogP contribution in [0.2, 0.25) is 0 Å². The van der Waals surface area contributed by atoms with Gasteiger partial charge in [0.25, 0.3) is 0 Å². The summed E-state index contributed by atoms with van der Waals surface area (Å²) in [5.41, 5.74) is 2.91. The fraction of sp³-hybridized carbons (Fsp3) is 0.562. The van der Waals surface area contributed by atoms with Crippen LogP contribution < -0.4 is 4.74 Å². The third kappa shape index (κ3) is 2.01. The average molecular weight is 259 g/mol. The van der Waals surface area contributed by atoms with Gasteiger partial charge in [-0.2, -0.15) is 0 Å². The number of hydrogen-bond acceptors (Lipinski definition) is 2. The van der Waals surface area contributed by atoms with Crippen LogP contribution in [-0.4, -0.2) is 31.0 Å². The molecule has 0 radical (unpaired) electrons. The van der Waals surface area contributed by atoms with Gasteiger partial charge in [-0.25, -0.2) is 0 Å². The number of amides is 1. The number of fused-ring (bicyclic) bond motifs is 4. The highest BCUT2D eigenvalue weighted by atomic mass is 16.5. The Morgan fingerprint density at radius 3 is 2.95 bits per heavy atom. The van der Waals surface area contributed by atoms with Crippen LogP contribution in [0.5, 0.6) is 5.75 Å². The summed E-state index contributed by atoms with van der Waals surface area (Å²) in [6.07, 6.45) is 2.25. The number of rotatable bonds is 1. The largest absolute Gasteiger partial charge is 0.497 e. The van der Waals surface area contributed by atoms with E-state index in [1.165, 1.54) is 17.5 Å². The summed E-state index contributed by atoms with van der Waals surface area (Å²) in [7, 11) is 1.71. The molecule has 1 amide bonds. The van der Waals surface area contributed by atoms with Crippen molar-refractivity contribution in [3.63, 3.8) is 0 Å². The Kier molecular flexibility index (Phi) is 2.80. The summed E-state index contributed by atoms with van der Waals surface area (Å²) in [6, 6.07) is 6.40. The molecule has 0 unspecified atom stereocenters. The van der Waals surface area contributed by atoms with Crippen molar-refractivity contribution in [2.75, 3.05) is 20.2 Å². The maximum absolute atomic E-state index is 11.7. The van der Waals surface area contributed by atoms with Gasteiger partial charge in [-0.3, -0.25) is 4.79 Å². The molecule has 2 aliphatic rings. The first-order chi connectivity index (χ1) is 9.01. The number of benzene rings is 1. The Morgan fingerprint density at radius 2 is 2.26 bits per heavy atom. The van der Waals surface area contributed by atoms with E-state index in [1.807, 2.05) is 11.0 Å². The molecule has 3 heteroatoms. The standard InChI is InChI=1S/C16H21NO2/c1-11(18)17-9-12-6-13-7-14(19-3)4-5-15(13)16(2,8-12)10-17/h4-5,7,12H,6,8-10H2,1-3H3/t12-,16+/m1/s1. The molecule has 0 aromatic heterocycles. The van der Waals surface area contributed by atoms with Crippen LogP contribution in [0, 0.1) is 5.92 Å². The van der Waals surface area contributed by atoms with Crippen molar-refractivity contribution >= 4 is 5.91 Å². The molecule has 0 spiro atoms. The minimum Gasteiger partial charge on any atom is -0.497 e.